The predicted octanol–water partition coefficient (Wildman–Crippen LogP) is 1.97. The van der Waals surface area contributed by atoms with Crippen LogP contribution in [0.1, 0.15) is 13.8 Å². The Bertz CT molecular complexity index is 217. The molecular weight excluding hydrogens is 228 g/mol. The number of rotatable bonds is 4. The Labute approximate surface area is 76.7 Å². The number of allylic oxidation sites excluding steroid dienone is 1. The number of sulfone groups is 1. The van der Waals surface area contributed by atoms with E-state index in [2.05, 4.69) is 15.9 Å². The Kier molecular flexibility index (Phi) is 5.01. The van der Waals surface area contributed by atoms with Gasteiger partial charge in [0.1, 0.15) is 0 Å². The van der Waals surface area contributed by atoms with Gasteiger partial charge in [-0.05, 0) is 5.92 Å². The van der Waals surface area contributed by atoms with Gasteiger partial charge in [-0.1, -0.05) is 35.9 Å². The van der Waals surface area contributed by atoms with Gasteiger partial charge < -0.3 is 0 Å². The lowest BCUT2D eigenvalue weighted by atomic mass is 10.3. The minimum absolute atomic E-state index is 0.194. The second-order valence-corrected chi connectivity index (χ2v) is 5.33. The van der Waals surface area contributed by atoms with Crippen LogP contribution in [-0.4, -0.2) is 19.5 Å². The molecule has 0 spiro atoms. The summed E-state index contributed by atoms with van der Waals surface area (Å²) in [5, 5.41) is 1.85. The first-order valence-corrected chi connectivity index (χ1v) is 6.27. The van der Waals surface area contributed by atoms with Gasteiger partial charge in [-0.2, -0.15) is 0 Å². The summed E-state index contributed by atoms with van der Waals surface area (Å²) in [4.78, 5) is 0. The molecular formula is C7H13BrO2S. The molecule has 0 aliphatic carbocycles. The largest absolute Gasteiger partial charge is 0.224 e. The van der Waals surface area contributed by atoms with Crippen LogP contribution in [0.3, 0.4) is 0 Å². The highest BCUT2D eigenvalue weighted by atomic mass is 79.9. The van der Waals surface area contributed by atoms with Crippen LogP contribution in [0.2, 0.25) is 0 Å². The molecule has 4 heteroatoms. The van der Waals surface area contributed by atoms with E-state index in [1.54, 1.807) is 6.08 Å². The van der Waals surface area contributed by atoms with E-state index in [0.717, 1.165) is 0 Å². The lowest BCUT2D eigenvalue weighted by Gasteiger charge is -2.00. The number of halogens is 1. The minimum atomic E-state index is -2.95. The molecule has 0 fully saturated rings. The Hall–Kier alpha value is 0.170. The summed E-state index contributed by atoms with van der Waals surface area (Å²) in [7, 11) is -2.95. The van der Waals surface area contributed by atoms with Gasteiger partial charge in [-0.25, -0.2) is 8.42 Å². The molecule has 0 heterocycles. The van der Waals surface area contributed by atoms with E-state index < -0.39 is 9.84 Å². The fourth-order valence-corrected chi connectivity index (χ4v) is 2.57. The van der Waals surface area contributed by atoms with E-state index in [1.807, 2.05) is 13.8 Å². The zero-order chi connectivity index (χ0) is 8.91. The van der Waals surface area contributed by atoms with Gasteiger partial charge in [0, 0.05) is 10.7 Å². The van der Waals surface area contributed by atoms with Crippen LogP contribution in [0, 0.1) is 5.92 Å². The monoisotopic (exact) mass is 240 g/mol. The maximum Gasteiger partial charge on any atom is 0.171 e. The van der Waals surface area contributed by atoms with E-state index in [4.69, 9.17) is 0 Å². The van der Waals surface area contributed by atoms with Crippen LogP contribution >= 0.6 is 15.9 Å². The van der Waals surface area contributed by atoms with Crippen LogP contribution in [0.25, 0.3) is 0 Å². The maximum atomic E-state index is 11.1. The van der Waals surface area contributed by atoms with E-state index in [-0.39, 0.29) is 11.7 Å². The molecule has 0 aliphatic heterocycles. The maximum absolute atomic E-state index is 11.1. The average Bonchev–Trinajstić information content (AvgIpc) is 1.81. The van der Waals surface area contributed by atoms with Crippen molar-refractivity contribution in [3.63, 3.8) is 0 Å². The highest BCUT2D eigenvalue weighted by Gasteiger charge is 2.07. The smallest absolute Gasteiger partial charge is 0.171 e. The Morgan fingerprint density at radius 2 is 2.00 bits per heavy atom. The molecule has 0 amide bonds. The number of hydrogen-bond donors (Lipinski definition) is 0. The molecule has 0 aromatic heterocycles. The van der Waals surface area contributed by atoms with Gasteiger partial charge >= 0.3 is 0 Å². The number of hydrogen-bond acceptors (Lipinski definition) is 2. The molecule has 11 heavy (non-hydrogen) atoms. The summed E-state index contributed by atoms with van der Waals surface area (Å²) in [6.45, 7) is 3.78. The topological polar surface area (TPSA) is 34.1 Å². The van der Waals surface area contributed by atoms with Gasteiger partial charge in [0.2, 0.25) is 0 Å². The lowest BCUT2D eigenvalue weighted by molar-refractivity contribution is 0.591. The van der Waals surface area contributed by atoms with E-state index in [0.29, 0.717) is 5.33 Å². The van der Waals surface area contributed by atoms with Crippen molar-refractivity contribution in [1.82, 2.24) is 0 Å². The van der Waals surface area contributed by atoms with Crippen molar-refractivity contribution in [2.75, 3.05) is 11.1 Å². The van der Waals surface area contributed by atoms with Gasteiger partial charge in [0.15, 0.2) is 9.84 Å². The average molecular weight is 241 g/mol. The second-order valence-electron chi connectivity index (χ2n) is 2.75. The van der Waals surface area contributed by atoms with Crippen LogP contribution < -0.4 is 0 Å². The van der Waals surface area contributed by atoms with Crippen molar-refractivity contribution < 1.29 is 8.42 Å². The molecule has 0 aromatic carbocycles. The highest BCUT2D eigenvalue weighted by molar-refractivity contribution is 9.09. The molecule has 2 nitrogen and oxygen atoms in total. The molecule has 0 radical (unpaired) electrons. The van der Waals surface area contributed by atoms with Gasteiger partial charge in [-0.15, -0.1) is 0 Å². The predicted molar refractivity (Wildman–Crippen MR) is 51.6 cm³/mol. The SMILES string of the molecule is CC(C)CS(=O)(=O)/C=C\CBr. The fraction of sp³-hybridized carbons (Fsp3) is 0.714. The Morgan fingerprint density at radius 3 is 2.36 bits per heavy atom. The molecule has 0 aliphatic rings. The highest BCUT2D eigenvalue weighted by Crippen LogP contribution is 2.02. The molecule has 0 bridgehead atoms. The molecule has 0 atom stereocenters. The number of alkyl halides is 1. The quantitative estimate of drug-likeness (QED) is 0.705. The van der Waals surface area contributed by atoms with Crippen LogP contribution in [0.15, 0.2) is 11.5 Å². The Balaban J connectivity index is 4.13. The summed E-state index contributed by atoms with van der Waals surface area (Å²) >= 11 is 3.12. The van der Waals surface area contributed by atoms with Gasteiger partial charge in [0.25, 0.3) is 0 Å². The minimum Gasteiger partial charge on any atom is -0.224 e. The van der Waals surface area contributed by atoms with E-state index in [1.165, 1.54) is 5.41 Å². The summed E-state index contributed by atoms with van der Waals surface area (Å²) in [6, 6.07) is 0. The molecule has 0 saturated carbocycles. The zero-order valence-electron chi connectivity index (χ0n) is 6.75. The van der Waals surface area contributed by atoms with Crippen LogP contribution in [0.4, 0.5) is 0 Å². The van der Waals surface area contributed by atoms with Crippen molar-refractivity contribution in [2.24, 2.45) is 5.92 Å². The van der Waals surface area contributed by atoms with E-state index in [9.17, 15) is 8.42 Å². The van der Waals surface area contributed by atoms with Gasteiger partial charge in [-0.3, -0.25) is 0 Å². The molecule has 0 N–H and O–H groups in total. The fourth-order valence-electron chi connectivity index (χ4n) is 0.703. The van der Waals surface area contributed by atoms with Crippen molar-refractivity contribution >= 4 is 25.8 Å². The van der Waals surface area contributed by atoms with E-state index >= 15 is 0 Å². The first-order chi connectivity index (χ1) is 4.98. The molecule has 0 unspecified atom stereocenters. The first-order valence-electron chi connectivity index (χ1n) is 3.43. The van der Waals surface area contributed by atoms with Crippen molar-refractivity contribution in [2.45, 2.75) is 13.8 Å². The van der Waals surface area contributed by atoms with Gasteiger partial charge in [0.05, 0.1) is 5.75 Å². The third-order valence-corrected chi connectivity index (χ3v) is 3.07. The summed E-state index contributed by atoms with van der Waals surface area (Å²) in [5.74, 6) is 0.427. The van der Waals surface area contributed by atoms with Crippen molar-refractivity contribution in [3.05, 3.63) is 11.5 Å². The van der Waals surface area contributed by atoms with Crippen LogP contribution in [0.5, 0.6) is 0 Å². The van der Waals surface area contributed by atoms with Crippen molar-refractivity contribution in [3.8, 4) is 0 Å². The first kappa shape index (κ1) is 11.2. The summed E-state index contributed by atoms with van der Waals surface area (Å²) in [6.07, 6.45) is 1.59. The third kappa shape index (κ3) is 6.56. The Morgan fingerprint density at radius 1 is 1.45 bits per heavy atom. The normalized spacial score (nSPS) is 13.1. The molecule has 0 aromatic rings. The summed E-state index contributed by atoms with van der Waals surface area (Å²) < 4.78 is 22.2. The standard InChI is InChI=1S/C7H13BrO2S/c1-7(2)6-11(9,10)5-3-4-8/h3,5,7H,4,6H2,1-2H3/b5-3-. The van der Waals surface area contributed by atoms with Crippen LogP contribution in [-0.2, 0) is 9.84 Å². The second kappa shape index (κ2) is 4.93. The molecule has 0 rings (SSSR count). The van der Waals surface area contributed by atoms with Crippen molar-refractivity contribution in [1.29, 1.82) is 0 Å². The zero-order valence-corrected chi connectivity index (χ0v) is 9.15. The molecule has 0 saturated heterocycles. The summed E-state index contributed by atoms with van der Waals surface area (Å²) in [5.41, 5.74) is 0. The molecule has 66 valence electrons. The lowest BCUT2D eigenvalue weighted by Crippen LogP contribution is -2.07. The third-order valence-electron chi connectivity index (χ3n) is 0.958.